The molecule has 1 aliphatic rings. The molecule has 2 aromatic carbocycles. The molecule has 3 heterocycles. The molecule has 0 saturated carbocycles. The molecule has 0 radical (unpaired) electrons. The predicted molar refractivity (Wildman–Crippen MR) is 125 cm³/mol. The van der Waals surface area contributed by atoms with E-state index in [4.69, 9.17) is 14.5 Å². The summed E-state index contributed by atoms with van der Waals surface area (Å²) in [5.41, 5.74) is 5.13. The van der Waals surface area contributed by atoms with E-state index < -0.39 is 0 Å². The normalized spacial score (nSPS) is 12.1. The van der Waals surface area contributed by atoms with Crippen LogP contribution in [0.15, 0.2) is 42.5 Å². The van der Waals surface area contributed by atoms with Crippen LogP contribution in [0.25, 0.3) is 22.2 Å². The first kappa shape index (κ1) is 20.0. The monoisotopic (exact) mass is 441 g/mol. The maximum Gasteiger partial charge on any atom is 0.257 e. The number of hydrogen-bond donors (Lipinski definition) is 1. The van der Waals surface area contributed by atoms with Gasteiger partial charge in [0.25, 0.3) is 5.91 Å². The molecule has 0 spiro atoms. The lowest BCUT2D eigenvalue weighted by molar-refractivity contribution is 0.102. The van der Waals surface area contributed by atoms with Crippen LogP contribution in [-0.4, -0.2) is 17.7 Å². The fraction of sp³-hybridized carbons (Fsp3) is 0.160. The van der Waals surface area contributed by atoms with Gasteiger partial charge in [-0.2, -0.15) is 5.26 Å². The summed E-state index contributed by atoms with van der Waals surface area (Å²) in [5.74, 6) is 1.07. The Morgan fingerprint density at radius 1 is 1.09 bits per heavy atom. The summed E-state index contributed by atoms with van der Waals surface area (Å²) in [5, 5.41) is 13.8. The second-order valence-electron chi connectivity index (χ2n) is 7.70. The molecular weight excluding hydrogens is 422 g/mol. The predicted octanol–water partition coefficient (Wildman–Crippen LogP) is 5.74. The molecule has 32 heavy (non-hydrogen) atoms. The maximum atomic E-state index is 13.4. The van der Waals surface area contributed by atoms with Crippen molar-refractivity contribution >= 4 is 33.1 Å². The minimum absolute atomic E-state index is 0.192. The number of rotatable bonds is 3. The van der Waals surface area contributed by atoms with Crippen LogP contribution >= 0.6 is 11.3 Å². The van der Waals surface area contributed by atoms with Gasteiger partial charge in [0.2, 0.25) is 6.79 Å². The number of amides is 1. The molecular formula is C25H19N3O3S. The number of carbonyl (C=O) groups is 1. The minimum Gasteiger partial charge on any atom is -0.454 e. The molecule has 0 fully saturated rings. The Labute approximate surface area is 189 Å². The Kier molecular flexibility index (Phi) is 4.80. The van der Waals surface area contributed by atoms with Crippen molar-refractivity contribution in [1.29, 1.82) is 5.26 Å². The molecule has 6 nitrogen and oxygen atoms in total. The highest BCUT2D eigenvalue weighted by Gasteiger charge is 2.20. The summed E-state index contributed by atoms with van der Waals surface area (Å²) in [6.07, 6.45) is 0. The van der Waals surface area contributed by atoms with Crippen molar-refractivity contribution in [3.8, 4) is 28.8 Å². The van der Waals surface area contributed by atoms with Crippen molar-refractivity contribution in [3.05, 3.63) is 69.6 Å². The van der Waals surface area contributed by atoms with E-state index in [1.165, 1.54) is 11.3 Å². The summed E-state index contributed by atoms with van der Waals surface area (Å²) in [4.78, 5) is 19.2. The maximum absolute atomic E-state index is 13.4. The van der Waals surface area contributed by atoms with Gasteiger partial charge in [-0.15, -0.1) is 11.3 Å². The Morgan fingerprint density at radius 2 is 1.91 bits per heavy atom. The summed E-state index contributed by atoms with van der Waals surface area (Å²) in [6, 6.07) is 15.4. The van der Waals surface area contributed by atoms with Gasteiger partial charge in [-0.1, -0.05) is 11.6 Å². The molecule has 0 atom stereocenters. The first-order chi connectivity index (χ1) is 15.4. The molecule has 1 amide bonds. The lowest BCUT2D eigenvalue weighted by atomic mass is 10.0. The zero-order valence-electron chi connectivity index (χ0n) is 17.8. The Balaban J connectivity index is 1.63. The summed E-state index contributed by atoms with van der Waals surface area (Å²) in [6.45, 7) is 6.01. The van der Waals surface area contributed by atoms with Crippen LogP contribution in [0.5, 0.6) is 11.5 Å². The molecule has 0 aliphatic carbocycles. The number of thiophene rings is 1. The van der Waals surface area contributed by atoms with Gasteiger partial charge in [-0.3, -0.25) is 4.79 Å². The van der Waals surface area contributed by atoms with Crippen LogP contribution in [0, 0.1) is 32.1 Å². The van der Waals surface area contributed by atoms with Crippen molar-refractivity contribution < 1.29 is 14.3 Å². The highest BCUT2D eigenvalue weighted by molar-refractivity contribution is 7.16. The molecule has 0 bridgehead atoms. The number of fused-ring (bicyclic) bond motifs is 2. The average Bonchev–Trinajstić information content (AvgIpc) is 3.36. The zero-order chi connectivity index (χ0) is 22.4. The molecule has 1 N–H and O–H groups in total. The summed E-state index contributed by atoms with van der Waals surface area (Å²) < 4.78 is 10.9. The van der Waals surface area contributed by atoms with Gasteiger partial charge in [0.05, 0.1) is 22.3 Å². The highest BCUT2D eigenvalue weighted by atomic mass is 32.1. The molecule has 4 aromatic rings. The zero-order valence-corrected chi connectivity index (χ0v) is 18.6. The highest BCUT2D eigenvalue weighted by Crippen LogP contribution is 2.37. The number of ether oxygens (including phenoxy) is 2. The Morgan fingerprint density at radius 3 is 2.72 bits per heavy atom. The molecule has 158 valence electrons. The van der Waals surface area contributed by atoms with Gasteiger partial charge in [-0.05, 0) is 62.7 Å². The quantitative estimate of drug-likeness (QED) is 0.438. The van der Waals surface area contributed by atoms with Gasteiger partial charge in [0.15, 0.2) is 11.5 Å². The molecule has 0 unspecified atom stereocenters. The third-order valence-electron chi connectivity index (χ3n) is 5.60. The number of nitrogens with one attached hydrogen (secondary N) is 1. The van der Waals surface area contributed by atoms with Crippen molar-refractivity contribution in [1.82, 2.24) is 4.98 Å². The van der Waals surface area contributed by atoms with Gasteiger partial charge in [0, 0.05) is 15.8 Å². The van der Waals surface area contributed by atoms with Crippen LogP contribution in [0.2, 0.25) is 0 Å². The molecule has 7 heteroatoms. The van der Waals surface area contributed by atoms with E-state index in [0.29, 0.717) is 33.3 Å². The largest absolute Gasteiger partial charge is 0.454 e. The fourth-order valence-corrected chi connectivity index (χ4v) is 4.76. The van der Waals surface area contributed by atoms with Crippen molar-refractivity contribution in [2.45, 2.75) is 20.8 Å². The van der Waals surface area contributed by atoms with E-state index in [9.17, 15) is 10.1 Å². The van der Waals surface area contributed by atoms with Gasteiger partial charge in [-0.25, -0.2) is 4.98 Å². The van der Waals surface area contributed by atoms with Gasteiger partial charge >= 0.3 is 0 Å². The van der Waals surface area contributed by atoms with E-state index in [1.54, 1.807) is 6.07 Å². The molecule has 1 aliphatic heterocycles. The smallest absolute Gasteiger partial charge is 0.257 e. The lowest BCUT2D eigenvalue weighted by Gasteiger charge is -2.11. The Bertz CT molecular complexity index is 1450. The number of aromatic nitrogens is 1. The SMILES string of the molecule is Cc1ccc2nc(-c3ccc4c(c3)OCO4)cc(C(=O)Nc3sc(C)c(C)c3C#N)c2c1. The summed E-state index contributed by atoms with van der Waals surface area (Å²) in [7, 11) is 0. The second-order valence-corrected chi connectivity index (χ2v) is 8.92. The fourth-order valence-electron chi connectivity index (χ4n) is 3.75. The van der Waals surface area contributed by atoms with E-state index >= 15 is 0 Å². The van der Waals surface area contributed by atoms with E-state index in [1.807, 2.05) is 57.2 Å². The number of aryl methyl sites for hydroxylation is 2. The number of benzene rings is 2. The van der Waals surface area contributed by atoms with Crippen molar-refractivity contribution in [2.75, 3.05) is 12.1 Å². The van der Waals surface area contributed by atoms with E-state index in [0.717, 1.165) is 32.5 Å². The van der Waals surface area contributed by atoms with Crippen LogP contribution in [-0.2, 0) is 0 Å². The topological polar surface area (TPSA) is 84.2 Å². The van der Waals surface area contributed by atoms with Crippen molar-refractivity contribution in [3.63, 3.8) is 0 Å². The van der Waals surface area contributed by atoms with Crippen LogP contribution in [0.1, 0.15) is 31.9 Å². The molecule has 0 saturated heterocycles. The molecule has 2 aromatic heterocycles. The number of carbonyl (C=O) groups excluding carboxylic acids is 1. The van der Waals surface area contributed by atoms with Crippen LogP contribution in [0.3, 0.4) is 0 Å². The standard InChI is InChI=1S/C25H19N3O3S/c1-13-4-6-20-17(8-13)18(24(29)28-25-19(11-26)14(2)15(3)32-25)10-21(27-20)16-5-7-22-23(9-16)31-12-30-22/h4-10H,12H2,1-3H3,(H,28,29). The Hall–Kier alpha value is -3.89. The third-order valence-corrected chi connectivity index (χ3v) is 6.72. The second kappa shape index (κ2) is 7.66. The third kappa shape index (κ3) is 3.35. The van der Waals surface area contributed by atoms with E-state index in [-0.39, 0.29) is 12.7 Å². The average molecular weight is 442 g/mol. The number of nitrogens with zero attached hydrogens (tertiary/aromatic N) is 2. The summed E-state index contributed by atoms with van der Waals surface area (Å²) >= 11 is 1.41. The molecule has 5 rings (SSSR count). The van der Waals surface area contributed by atoms with Crippen LogP contribution < -0.4 is 14.8 Å². The minimum atomic E-state index is -0.275. The number of pyridine rings is 1. The van der Waals surface area contributed by atoms with E-state index in [2.05, 4.69) is 11.4 Å². The van der Waals surface area contributed by atoms with Crippen LogP contribution in [0.4, 0.5) is 5.00 Å². The van der Waals surface area contributed by atoms with Crippen molar-refractivity contribution in [2.24, 2.45) is 0 Å². The first-order valence-electron chi connectivity index (χ1n) is 10.1. The first-order valence-corrected chi connectivity index (χ1v) is 10.9. The van der Waals surface area contributed by atoms with Gasteiger partial charge in [0.1, 0.15) is 11.1 Å². The number of anilines is 1. The number of nitriles is 1. The number of hydrogen-bond acceptors (Lipinski definition) is 6. The lowest BCUT2D eigenvalue weighted by Crippen LogP contribution is -2.13. The van der Waals surface area contributed by atoms with Gasteiger partial charge < -0.3 is 14.8 Å².